The standard InChI is InChI=1S/C20H20ClN3O2/c1-23(2)20(26)14-6-4-13(5-7-14)12-22-19(25)18-10-15-8-9-16(21)11-17(15)24(18)3/h4-11H,12H2,1-3H3,(H,22,25). The molecule has 0 fully saturated rings. The van der Waals surface area contributed by atoms with Crippen LogP contribution in [0.5, 0.6) is 0 Å². The molecule has 26 heavy (non-hydrogen) atoms. The van der Waals surface area contributed by atoms with Crippen molar-refractivity contribution in [3.8, 4) is 0 Å². The molecule has 2 amide bonds. The van der Waals surface area contributed by atoms with Gasteiger partial charge in [-0.3, -0.25) is 9.59 Å². The molecule has 0 aliphatic heterocycles. The van der Waals surface area contributed by atoms with Crippen LogP contribution in [0.1, 0.15) is 26.4 Å². The molecule has 0 saturated heterocycles. The maximum atomic E-state index is 12.5. The van der Waals surface area contributed by atoms with Crippen molar-refractivity contribution in [2.45, 2.75) is 6.54 Å². The number of halogens is 1. The summed E-state index contributed by atoms with van der Waals surface area (Å²) in [4.78, 5) is 26.0. The van der Waals surface area contributed by atoms with E-state index in [1.807, 2.05) is 48.0 Å². The van der Waals surface area contributed by atoms with E-state index in [0.29, 0.717) is 22.8 Å². The second kappa shape index (κ2) is 7.22. The molecule has 0 atom stereocenters. The molecule has 2 aromatic carbocycles. The summed E-state index contributed by atoms with van der Waals surface area (Å²) in [5.41, 5.74) is 3.03. The highest BCUT2D eigenvalue weighted by Crippen LogP contribution is 2.22. The van der Waals surface area contributed by atoms with E-state index >= 15 is 0 Å². The molecule has 134 valence electrons. The Morgan fingerprint density at radius 3 is 2.42 bits per heavy atom. The second-order valence-corrected chi connectivity index (χ2v) is 6.81. The van der Waals surface area contributed by atoms with Crippen molar-refractivity contribution in [2.75, 3.05) is 14.1 Å². The van der Waals surface area contributed by atoms with E-state index in [2.05, 4.69) is 5.32 Å². The maximum absolute atomic E-state index is 12.5. The van der Waals surface area contributed by atoms with Gasteiger partial charge in [-0.25, -0.2) is 0 Å². The zero-order valence-electron chi connectivity index (χ0n) is 14.9. The molecule has 0 bridgehead atoms. The lowest BCUT2D eigenvalue weighted by molar-refractivity contribution is 0.0827. The highest BCUT2D eigenvalue weighted by Gasteiger charge is 2.13. The van der Waals surface area contributed by atoms with Crippen molar-refractivity contribution in [1.82, 2.24) is 14.8 Å². The summed E-state index contributed by atoms with van der Waals surface area (Å²) in [6.45, 7) is 0.386. The number of nitrogens with one attached hydrogen (secondary N) is 1. The zero-order valence-corrected chi connectivity index (χ0v) is 15.7. The van der Waals surface area contributed by atoms with E-state index in [9.17, 15) is 9.59 Å². The first-order valence-corrected chi connectivity index (χ1v) is 8.58. The van der Waals surface area contributed by atoms with Crippen molar-refractivity contribution in [3.63, 3.8) is 0 Å². The Labute approximate surface area is 157 Å². The number of aryl methyl sites for hydroxylation is 1. The number of aromatic nitrogens is 1. The molecule has 0 aliphatic carbocycles. The minimum Gasteiger partial charge on any atom is -0.347 e. The summed E-state index contributed by atoms with van der Waals surface area (Å²) >= 11 is 6.03. The molecule has 0 saturated carbocycles. The molecule has 0 radical (unpaired) electrons. The molecular formula is C20H20ClN3O2. The van der Waals surface area contributed by atoms with Gasteiger partial charge in [-0.15, -0.1) is 0 Å². The fraction of sp³-hybridized carbons (Fsp3) is 0.200. The van der Waals surface area contributed by atoms with Crippen LogP contribution in [0.4, 0.5) is 0 Å². The summed E-state index contributed by atoms with van der Waals surface area (Å²) in [5, 5.41) is 4.52. The number of fused-ring (bicyclic) bond motifs is 1. The van der Waals surface area contributed by atoms with Gasteiger partial charge in [0.1, 0.15) is 5.69 Å². The average molecular weight is 370 g/mol. The van der Waals surface area contributed by atoms with Gasteiger partial charge in [0.25, 0.3) is 11.8 Å². The van der Waals surface area contributed by atoms with Crippen molar-refractivity contribution >= 4 is 34.3 Å². The first kappa shape index (κ1) is 18.0. The van der Waals surface area contributed by atoms with Gasteiger partial charge >= 0.3 is 0 Å². The largest absolute Gasteiger partial charge is 0.347 e. The fourth-order valence-electron chi connectivity index (χ4n) is 2.82. The van der Waals surface area contributed by atoms with Gasteiger partial charge in [0.15, 0.2) is 0 Å². The third-order valence-corrected chi connectivity index (χ3v) is 4.54. The number of hydrogen-bond donors (Lipinski definition) is 1. The lowest BCUT2D eigenvalue weighted by Crippen LogP contribution is -2.25. The average Bonchev–Trinajstić information content (AvgIpc) is 2.96. The summed E-state index contributed by atoms with van der Waals surface area (Å²) in [5.74, 6) is -0.206. The Balaban J connectivity index is 1.71. The molecule has 6 heteroatoms. The topological polar surface area (TPSA) is 54.3 Å². The third kappa shape index (κ3) is 3.58. The van der Waals surface area contributed by atoms with E-state index in [1.54, 1.807) is 26.2 Å². The lowest BCUT2D eigenvalue weighted by atomic mass is 10.1. The van der Waals surface area contributed by atoms with Crippen LogP contribution in [-0.4, -0.2) is 35.4 Å². The number of amides is 2. The summed E-state index contributed by atoms with van der Waals surface area (Å²) in [6, 6.07) is 14.6. The fourth-order valence-corrected chi connectivity index (χ4v) is 2.98. The Morgan fingerprint density at radius 2 is 1.77 bits per heavy atom. The Bertz CT molecular complexity index is 975. The molecule has 5 nitrogen and oxygen atoms in total. The quantitative estimate of drug-likeness (QED) is 0.765. The van der Waals surface area contributed by atoms with Crippen LogP contribution in [-0.2, 0) is 13.6 Å². The molecule has 1 aromatic heterocycles. The van der Waals surface area contributed by atoms with Crippen LogP contribution in [0.3, 0.4) is 0 Å². The number of rotatable bonds is 4. The molecule has 0 unspecified atom stereocenters. The van der Waals surface area contributed by atoms with Gasteiger partial charge in [0.05, 0.1) is 0 Å². The highest BCUT2D eigenvalue weighted by atomic mass is 35.5. The minimum absolute atomic E-state index is 0.0465. The normalized spacial score (nSPS) is 10.8. The van der Waals surface area contributed by atoms with E-state index in [0.717, 1.165) is 16.5 Å². The summed E-state index contributed by atoms with van der Waals surface area (Å²) in [6.07, 6.45) is 0. The number of carbonyl (C=O) groups excluding carboxylic acids is 2. The van der Waals surface area contributed by atoms with Crippen LogP contribution < -0.4 is 5.32 Å². The predicted octanol–water partition coefficient (Wildman–Crippen LogP) is 3.46. The van der Waals surface area contributed by atoms with Crippen molar-refractivity contribution in [2.24, 2.45) is 7.05 Å². The van der Waals surface area contributed by atoms with Crippen molar-refractivity contribution in [3.05, 3.63) is 70.4 Å². The van der Waals surface area contributed by atoms with Crippen LogP contribution >= 0.6 is 11.6 Å². The number of hydrogen-bond acceptors (Lipinski definition) is 2. The number of nitrogens with zero attached hydrogens (tertiary/aromatic N) is 2. The van der Waals surface area contributed by atoms with Gasteiger partial charge in [0, 0.05) is 49.2 Å². The lowest BCUT2D eigenvalue weighted by Gasteiger charge is -2.11. The van der Waals surface area contributed by atoms with Gasteiger partial charge in [-0.05, 0) is 35.9 Å². The molecule has 1 heterocycles. The summed E-state index contributed by atoms with van der Waals surface area (Å²) < 4.78 is 1.83. The van der Waals surface area contributed by atoms with Crippen LogP contribution in [0.15, 0.2) is 48.5 Å². The highest BCUT2D eigenvalue weighted by molar-refractivity contribution is 6.31. The number of benzene rings is 2. The molecular weight excluding hydrogens is 350 g/mol. The maximum Gasteiger partial charge on any atom is 0.268 e. The Morgan fingerprint density at radius 1 is 1.08 bits per heavy atom. The van der Waals surface area contributed by atoms with Crippen molar-refractivity contribution < 1.29 is 9.59 Å². The predicted molar refractivity (Wildman–Crippen MR) is 104 cm³/mol. The van der Waals surface area contributed by atoms with E-state index in [4.69, 9.17) is 11.6 Å². The molecule has 3 aromatic rings. The van der Waals surface area contributed by atoms with Crippen LogP contribution in [0, 0.1) is 0 Å². The van der Waals surface area contributed by atoms with E-state index < -0.39 is 0 Å². The zero-order chi connectivity index (χ0) is 18.8. The number of carbonyl (C=O) groups is 2. The first-order chi connectivity index (χ1) is 12.4. The Hall–Kier alpha value is -2.79. The smallest absolute Gasteiger partial charge is 0.268 e. The molecule has 1 N–H and O–H groups in total. The van der Waals surface area contributed by atoms with Gasteiger partial charge in [0.2, 0.25) is 0 Å². The van der Waals surface area contributed by atoms with Gasteiger partial charge < -0.3 is 14.8 Å². The monoisotopic (exact) mass is 369 g/mol. The van der Waals surface area contributed by atoms with Crippen molar-refractivity contribution in [1.29, 1.82) is 0 Å². The second-order valence-electron chi connectivity index (χ2n) is 6.37. The molecule has 0 aliphatic rings. The van der Waals surface area contributed by atoms with Crippen LogP contribution in [0.25, 0.3) is 10.9 Å². The third-order valence-electron chi connectivity index (χ3n) is 4.30. The van der Waals surface area contributed by atoms with Crippen LogP contribution in [0.2, 0.25) is 5.02 Å². The minimum atomic E-state index is -0.159. The van der Waals surface area contributed by atoms with E-state index in [-0.39, 0.29) is 11.8 Å². The Kier molecular flexibility index (Phi) is 5.00. The molecule has 0 spiro atoms. The van der Waals surface area contributed by atoms with E-state index in [1.165, 1.54) is 4.90 Å². The summed E-state index contributed by atoms with van der Waals surface area (Å²) in [7, 11) is 5.27. The SMILES string of the molecule is CN(C)C(=O)c1ccc(CNC(=O)c2cc3ccc(Cl)cc3n2C)cc1. The molecule has 3 rings (SSSR count). The first-order valence-electron chi connectivity index (χ1n) is 8.20. The van der Waals surface area contributed by atoms with Gasteiger partial charge in [-0.1, -0.05) is 29.8 Å². The van der Waals surface area contributed by atoms with Gasteiger partial charge in [-0.2, -0.15) is 0 Å².